The second-order valence-electron chi connectivity index (χ2n) is 8.17. The fourth-order valence-corrected chi connectivity index (χ4v) is 3.32. The first kappa shape index (κ1) is 21.7. The first-order valence-corrected chi connectivity index (χ1v) is 10.2. The Labute approximate surface area is 157 Å². The summed E-state index contributed by atoms with van der Waals surface area (Å²) in [4.78, 5) is 0. The Kier molecular flexibility index (Phi) is 10.5. The van der Waals surface area contributed by atoms with Crippen LogP contribution in [-0.4, -0.2) is 0 Å². The molecule has 0 nitrogen and oxygen atoms in total. The molecule has 0 fully saturated rings. The van der Waals surface area contributed by atoms with Crippen LogP contribution in [0.5, 0.6) is 0 Å². The number of hydrogen-bond acceptors (Lipinski definition) is 0. The molecular formula is C25H40. The molecule has 0 aromatic rings. The number of hydrogen-bond donors (Lipinski definition) is 0. The highest BCUT2D eigenvalue weighted by Gasteiger charge is 2.10. The van der Waals surface area contributed by atoms with E-state index >= 15 is 0 Å². The predicted molar refractivity (Wildman–Crippen MR) is 115 cm³/mol. The van der Waals surface area contributed by atoms with Crippen LogP contribution in [0.25, 0.3) is 0 Å². The lowest BCUT2D eigenvalue weighted by Crippen LogP contribution is -2.02. The van der Waals surface area contributed by atoms with Crippen LogP contribution in [0.15, 0.2) is 58.2 Å². The predicted octanol–water partition coefficient (Wildman–Crippen LogP) is 8.49. The highest BCUT2D eigenvalue weighted by atomic mass is 14.2. The maximum Gasteiger partial charge on any atom is -0.0164 e. The molecule has 1 rings (SSSR count). The molecule has 1 aliphatic rings. The van der Waals surface area contributed by atoms with Crippen LogP contribution in [-0.2, 0) is 0 Å². The van der Waals surface area contributed by atoms with E-state index in [4.69, 9.17) is 0 Å². The van der Waals surface area contributed by atoms with Crippen molar-refractivity contribution >= 4 is 0 Å². The van der Waals surface area contributed by atoms with Crippen LogP contribution >= 0.6 is 0 Å². The molecule has 0 N–H and O–H groups in total. The number of allylic oxidation sites excluding steroid dienone is 10. The van der Waals surface area contributed by atoms with Gasteiger partial charge in [-0.05, 0) is 98.8 Å². The van der Waals surface area contributed by atoms with E-state index in [1.807, 2.05) is 0 Å². The Morgan fingerprint density at radius 2 is 1.40 bits per heavy atom. The van der Waals surface area contributed by atoms with Gasteiger partial charge in [0, 0.05) is 0 Å². The molecular weight excluding hydrogens is 300 g/mol. The van der Waals surface area contributed by atoms with E-state index < -0.39 is 0 Å². The fraction of sp³-hybridized carbons (Fsp3) is 0.600. The van der Waals surface area contributed by atoms with Crippen molar-refractivity contribution < 1.29 is 0 Å². The average molecular weight is 341 g/mol. The van der Waals surface area contributed by atoms with Gasteiger partial charge >= 0.3 is 0 Å². The van der Waals surface area contributed by atoms with Gasteiger partial charge in [-0.2, -0.15) is 0 Å². The zero-order valence-electron chi connectivity index (χ0n) is 17.6. The van der Waals surface area contributed by atoms with Gasteiger partial charge in [0.2, 0.25) is 0 Å². The summed E-state index contributed by atoms with van der Waals surface area (Å²) in [6, 6.07) is 0. The van der Waals surface area contributed by atoms with Crippen molar-refractivity contribution in [2.24, 2.45) is 5.92 Å². The Morgan fingerprint density at radius 1 is 0.840 bits per heavy atom. The van der Waals surface area contributed by atoms with Crippen molar-refractivity contribution in [1.82, 2.24) is 0 Å². The van der Waals surface area contributed by atoms with Crippen LogP contribution in [0.3, 0.4) is 0 Å². The third-order valence-corrected chi connectivity index (χ3v) is 5.31. The molecule has 1 atom stereocenters. The van der Waals surface area contributed by atoms with Gasteiger partial charge in [0.05, 0.1) is 0 Å². The molecule has 0 saturated heterocycles. The summed E-state index contributed by atoms with van der Waals surface area (Å²) >= 11 is 0. The van der Waals surface area contributed by atoms with Gasteiger partial charge < -0.3 is 0 Å². The molecule has 0 saturated carbocycles. The van der Waals surface area contributed by atoms with Gasteiger partial charge in [0.1, 0.15) is 0 Å². The van der Waals surface area contributed by atoms with Crippen molar-refractivity contribution in [2.75, 3.05) is 0 Å². The minimum absolute atomic E-state index is 0.684. The smallest absolute Gasteiger partial charge is 0.0164 e. The van der Waals surface area contributed by atoms with E-state index in [0.717, 1.165) is 6.42 Å². The summed E-state index contributed by atoms with van der Waals surface area (Å²) in [6.45, 7) is 13.6. The largest absolute Gasteiger partial charge is 0.0853 e. The molecule has 0 aliphatic heterocycles. The molecule has 0 bridgehead atoms. The molecule has 1 aliphatic carbocycles. The SMILES string of the molecule is CC(C)=CC/C=C(\C)[C@H]1C/C=C(\C)CC/C=C(\C)CC/C=C(\C)CC1. The van der Waals surface area contributed by atoms with Gasteiger partial charge in [-0.3, -0.25) is 0 Å². The summed E-state index contributed by atoms with van der Waals surface area (Å²) in [5, 5.41) is 0. The van der Waals surface area contributed by atoms with E-state index in [-0.39, 0.29) is 0 Å². The van der Waals surface area contributed by atoms with Crippen molar-refractivity contribution in [3.05, 3.63) is 58.2 Å². The van der Waals surface area contributed by atoms with Gasteiger partial charge in [-0.1, -0.05) is 58.2 Å². The second-order valence-corrected chi connectivity index (χ2v) is 8.17. The minimum Gasteiger partial charge on any atom is -0.0853 e. The van der Waals surface area contributed by atoms with Crippen molar-refractivity contribution in [3.8, 4) is 0 Å². The zero-order valence-corrected chi connectivity index (χ0v) is 17.6. The van der Waals surface area contributed by atoms with E-state index in [1.165, 1.54) is 50.5 Å². The third kappa shape index (κ3) is 10.3. The van der Waals surface area contributed by atoms with Crippen LogP contribution < -0.4 is 0 Å². The first-order valence-electron chi connectivity index (χ1n) is 10.2. The maximum atomic E-state index is 2.50. The van der Waals surface area contributed by atoms with Crippen LogP contribution in [0.2, 0.25) is 0 Å². The minimum atomic E-state index is 0.684. The molecule has 0 spiro atoms. The van der Waals surface area contributed by atoms with Crippen molar-refractivity contribution in [1.29, 1.82) is 0 Å². The van der Waals surface area contributed by atoms with Gasteiger partial charge in [0.15, 0.2) is 0 Å². The molecule has 140 valence electrons. The molecule has 0 amide bonds. The van der Waals surface area contributed by atoms with Crippen molar-refractivity contribution in [2.45, 2.75) is 92.9 Å². The molecule has 25 heavy (non-hydrogen) atoms. The molecule has 0 unspecified atom stereocenters. The second kappa shape index (κ2) is 12.1. The molecule has 0 heteroatoms. The first-order chi connectivity index (χ1) is 11.9. The summed E-state index contributed by atoms with van der Waals surface area (Å²) < 4.78 is 0. The Balaban J connectivity index is 2.86. The lowest BCUT2D eigenvalue weighted by atomic mass is 9.88. The van der Waals surface area contributed by atoms with Crippen LogP contribution in [0.1, 0.15) is 92.9 Å². The molecule has 0 heterocycles. The van der Waals surface area contributed by atoms with Gasteiger partial charge in [-0.15, -0.1) is 0 Å². The van der Waals surface area contributed by atoms with Gasteiger partial charge in [0.25, 0.3) is 0 Å². The van der Waals surface area contributed by atoms with E-state index in [9.17, 15) is 0 Å². The quantitative estimate of drug-likeness (QED) is 0.452. The van der Waals surface area contributed by atoms with Crippen LogP contribution in [0.4, 0.5) is 0 Å². The summed E-state index contributed by atoms with van der Waals surface area (Å²) in [5.74, 6) is 0.684. The lowest BCUT2D eigenvalue weighted by Gasteiger charge is -2.18. The summed E-state index contributed by atoms with van der Waals surface area (Å²) in [7, 11) is 0. The zero-order chi connectivity index (χ0) is 18.7. The summed E-state index contributed by atoms with van der Waals surface area (Å²) in [5.41, 5.74) is 7.64. The van der Waals surface area contributed by atoms with E-state index in [1.54, 1.807) is 22.3 Å². The average Bonchev–Trinajstić information content (AvgIpc) is 2.53. The normalized spacial score (nSPS) is 27.8. The number of rotatable bonds is 3. The summed E-state index contributed by atoms with van der Waals surface area (Å²) in [6.07, 6.45) is 21.7. The van der Waals surface area contributed by atoms with E-state index in [2.05, 4.69) is 71.9 Å². The van der Waals surface area contributed by atoms with Crippen molar-refractivity contribution in [3.63, 3.8) is 0 Å². The lowest BCUT2D eigenvalue weighted by molar-refractivity contribution is 0.560. The standard InChI is InChI=1S/C25H40/c1-20(2)10-7-15-24(6)25-18-16-22(4)13-8-11-21(3)12-9-14-23(5)17-19-25/h10-11,14-16,25H,7-9,12-13,17-19H2,1-6H3/b21-11+,22-16+,23-14+,24-15+/t25-/m0/s1. The molecule has 0 aromatic heterocycles. The van der Waals surface area contributed by atoms with Crippen LogP contribution in [0, 0.1) is 5.92 Å². The Hall–Kier alpha value is -1.30. The highest BCUT2D eigenvalue weighted by molar-refractivity contribution is 5.13. The third-order valence-electron chi connectivity index (χ3n) is 5.31. The Bertz CT molecular complexity index is 545. The van der Waals surface area contributed by atoms with Gasteiger partial charge in [-0.25, -0.2) is 0 Å². The Morgan fingerprint density at radius 3 is 2.00 bits per heavy atom. The van der Waals surface area contributed by atoms with E-state index in [0.29, 0.717) is 5.92 Å². The highest BCUT2D eigenvalue weighted by Crippen LogP contribution is 2.26. The molecule has 0 radical (unpaired) electrons. The monoisotopic (exact) mass is 340 g/mol. The maximum absolute atomic E-state index is 2.50. The molecule has 0 aromatic carbocycles. The fourth-order valence-electron chi connectivity index (χ4n) is 3.32. The topological polar surface area (TPSA) is 0 Å².